The number of nitrogens with zero attached hydrogens (tertiary/aromatic N) is 1. The molecule has 24 heavy (non-hydrogen) atoms. The number of phenols is 1. The number of aromatic nitrogens is 1. The molecule has 0 saturated heterocycles. The molecule has 0 radical (unpaired) electrons. The Morgan fingerprint density at radius 1 is 1.21 bits per heavy atom. The van der Waals surface area contributed by atoms with Crippen molar-refractivity contribution >= 4 is 23.1 Å². The maximum Gasteiger partial charge on any atom is 0.142 e. The van der Waals surface area contributed by atoms with Gasteiger partial charge >= 0.3 is 0 Å². The molecular weight excluding hydrogens is 294 g/mol. The summed E-state index contributed by atoms with van der Waals surface area (Å²) in [5, 5.41) is 12.0. The Labute approximate surface area is 143 Å². The molecule has 1 heterocycles. The van der Waals surface area contributed by atoms with Gasteiger partial charge in [0, 0.05) is 10.9 Å². The second kappa shape index (κ2) is 6.40. The molecule has 0 aliphatic rings. The van der Waals surface area contributed by atoms with E-state index in [-0.39, 0.29) is 0 Å². The van der Waals surface area contributed by atoms with Gasteiger partial charge in [0.2, 0.25) is 0 Å². The molecular formula is C22H23NO. The quantitative estimate of drug-likeness (QED) is 0.638. The standard InChI is InChI=1S/C22H23NO/c1-5-10-17-18-11-8-9-12-20(18)23(19(17)7-3)21-14-15(4)13-16(6-2)22(21)24/h5,7-14,24H,3,6H2,1-2,4H3/b10-5-. The summed E-state index contributed by atoms with van der Waals surface area (Å²) in [6, 6.07) is 12.3. The van der Waals surface area contributed by atoms with Gasteiger partial charge < -0.3 is 9.67 Å². The van der Waals surface area contributed by atoms with Crippen molar-refractivity contribution in [2.24, 2.45) is 0 Å². The normalized spacial score (nSPS) is 11.5. The summed E-state index contributed by atoms with van der Waals surface area (Å²) in [4.78, 5) is 0. The summed E-state index contributed by atoms with van der Waals surface area (Å²) in [6.07, 6.45) is 6.80. The van der Waals surface area contributed by atoms with E-state index >= 15 is 0 Å². The Kier molecular flexibility index (Phi) is 4.30. The van der Waals surface area contributed by atoms with Crippen LogP contribution in [-0.2, 0) is 6.42 Å². The Bertz CT molecular complexity index is 944. The van der Waals surface area contributed by atoms with E-state index in [2.05, 4.69) is 43.2 Å². The van der Waals surface area contributed by atoms with Crippen LogP contribution in [0.15, 0.2) is 49.1 Å². The molecule has 0 unspecified atom stereocenters. The molecule has 1 aromatic heterocycles. The van der Waals surface area contributed by atoms with E-state index in [1.54, 1.807) is 0 Å². The SMILES string of the molecule is C=Cc1c(/C=C\C)c2ccccc2n1-c1cc(C)cc(CC)c1O. The van der Waals surface area contributed by atoms with Gasteiger partial charge in [0.1, 0.15) is 5.75 Å². The summed E-state index contributed by atoms with van der Waals surface area (Å²) < 4.78 is 2.11. The van der Waals surface area contributed by atoms with E-state index in [1.165, 1.54) is 0 Å². The molecule has 3 rings (SSSR count). The van der Waals surface area contributed by atoms with Crippen molar-refractivity contribution in [3.63, 3.8) is 0 Å². The Hall–Kier alpha value is -2.74. The summed E-state index contributed by atoms with van der Waals surface area (Å²) >= 11 is 0. The molecule has 2 heteroatoms. The first-order valence-corrected chi connectivity index (χ1v) is 8.33. The van der Waals surface area contributed by atoms with Crippen LogP contribution in [0.25, 0.3) is 28.7 Å². The minimum absolute atomic E-state index is 0.346. The first kappa shape index (κ1) is 16.1. The fourth-order valence-corrected chi connectivity index (χ4v) is 3.36. The second-order valence-corrected chi connectivity index (χ2v) is 6.00. The largest absolute Gasteiger partial charge is 0.505 e. The van der Waals surface area contributed by atoms with E-state index in [0.29, 0.717) is 5.75 Å². The predicted octanol–water partition coefficient (Wildman–Crippen LogP) is 5.88. The van der Waals surface area contributed by atoms with Crippen molar-refractivity contribution in [3.8, 4) is 11.4 Å². The Morgan fingerprint density at radius 2 is 1.96 bits per heavy atom. The Morgan fingerprint density at radius 3 is 2.62 bits per heavy atom. The highest BCUT2D eigenvalue weighted by atomic mass is 16.3. The number of aryl methyl sites for hydroxylation is 2. The highest BCUT2D eigenvalue weighted by Gasteiger charge is 2.18. The molecule has 0 amide bonds. The van der Waals surface area contributed by atoms with Crippen molar-refractivity contribution in [3.05, 3.63) is 71.4 Å². The molecule has 0 spiro atoms. The van der Waals surface area contributed by atoms with Crippen molar-refractivity contribution in [2.75, 3.05) is 0 Å². The molecule has 2 nitrogen and oxygen atoms in total. The van der Waals surface area contributed by atoms with Gasteiger partial charge in [-0.2, -0.15) is 0 Å². The minimum atomic E-state index is 0.346. The number of rotatable bonds is 4. The van der Waals surface area contributed by atoms with E-state index in [1.807, 2.05) is 43.3 Å². The van der Waals surface area contributed by atoms with Crippen LogP contribution < -0.4 is 0 Å². The zero-order valence-corrected chi connectivity index (χ0v) is 14.5. The van der Waals surface area contributed by atoms with Gasteiger partial charge in [-0.15, -0.1) is 0 Å². The lowest BCUT2D eigenvalue weighted by Crippen LogP contribution is -2.00. The van der Waals surface area contributed by atoms with Gasteiger partial charge in [-0.1, -0.05) is 49.9 Å². The van der Waals surface area contributed by atoms with Crippen LogP contribution in [-0.4, -0.2) is 9.67 Å². The molecule has 0 fully saturated rings. The number of hydrogen-bond donors (Lipinski definition) is 1. The number of fused-ring (bicyclic) bond motifs is 1. The minimum Gasteiger partial charge on any atom is -0.505 e. The van der Waals surface area contributed by atoms with Gasteiger partial charge in [-0.3, -0.25) is 0 Å². The number of allylic oxidation sites excluding steroid dienone is 1. The van der Waals surface area contributed by atoms with Gasteiger partial charge in [-0.05, 0) is 49.6 Å². The van der Waals surface area contributed by atoms with Crippen molar-refractivity contribution in [2.45, 2.75) is 27.2 Å². The zero-order chi connectivity index (χ0) is 17.3. The van der Waals surface area contributed by atoms with Crippen LogP contribution in [0.3, 0.4) is 0 Å². The number of para-hydroxylation sites is 1. The highest BCUT2D eigenvalue weighted by molar-refractivity contribution is 5.95. The zero-order valence-electron chi connectivity index (χ0n) is 14.5. The van der Waals surface area contributed by atoms with Crippen LogP contribution >= 0.6 is 0 Å². The van der Waals surface area contributed by atoms with E-state index in [9.17, 15) is 5.11 Å². The molecule has 1 N–H and O–H groups in total. The van der Waals surface area contributed by atoms with E-state index in [4.69, 9.17) is 0 Å². The van der Waals surface area contributed by atoms with E-state index < -0.39 is 0 Å². The molecule has 0 saturated carbocycles. The first-order valence-electron chi connectivity index (χ1n) is 8.33. The summed E-state index contributed by atoms with van der Waals surface area (Å²) in [6.45, 7) is 10.2. The van der Waals surface area contributed by atoms with Crippen LogP contribution in [0, 0.1) is 6.92 Å². The molecule has 122 valence electrons. The van der Waals surface area contributed by atoms with Crippen LogP contribution in [0.4, 0.5) is 0 Å². The van der Waals surface area contributed by atoms with Crippen LogP contribution in [0.2, 0.25) is 0 Å². The molecule has 0 aliphatic carbocycles. The number of hydrogen-bond acceptors (Lipinski definition) is 1. The van der Waals surface area contributed by atoms with Gasteiger partial charge in [0.25, 0.3) is 0 Å². The van der Waals surface area contributed by atoms with Crippen molar-refractivity contribution in [1.29, 1.82) is 0 Å². The smallest absolute Gasteiger partial charge is 0.142 e. The average molecular weight is 317 g/mol. The van der Waals surface area contributed by atoms with Gasteiger partial charge in [-0.25, -0.2) is 0 Å². The summed E-state index contributed by atoms with van der Waals surface area (Å²) in [5.74, 6) is 0.346. The maximum atomic E-state index is 10.8. The summed E-state index contributed by atoms with van der Waals surface area (Å²) in [7, 11) is 0. The van der Waals surface area contributed by atoms with Crippen molar-refractivity contribution in [1.82, 2.24) is 4.57 Å². The monoisotopic (exact) mass is 317 g/mol. The third-order valence-corrected chi connectivity index (χ3v) is 4.41. The van der Waals surface area contributed by atoms with Gasteiger partial charge in [0.05, 0.1) is 16.9 Å². The number of benzene rings is 2. The molecule has 0 aliphatic heterocycles. The molecule has 3 aromatic rings. The lowest BCUT2D eigenvalue weighted by Gasteiger charge is -2.15. The summed E-state index contributed by atoms with van der Waals surface area (Å²) in [5.41, 5.74) is 6.11. The number of phenolic OH excluding ortho intramolecular Hbond substituents is 1. The topological polar surface area (TPSA) is 25.2 Å². The molecule has 0 bridgehead atoms. The lowest BCUT2D eigenvalue weighted by molar-refractivity contribution is 0.466. The predicted molar refractivity (Wildman–Crippen MR) is 104 cm³/mol. The second-order valence-electron chi connectivity index (χ2n) is 6.00. The third kappa shape index (κ3) is 2.44. The van der Waals surface area contributed by atoms with E-state index in [0.717, 1.165) is 45.4 Å². The van der Waals surface area contributed by atoms with Crippen LogP contribution in [0.1, 0.15) is 36.2 Å². The first-order chi connectivity index (χ1) is 11.6. The van der Waals surface area contributed by atoms with Gasteiger partial charge in [0.15, 0.2) is 0 Å². The average Bonchev–Trinajstić information content (AvgIpc) is 2.90. The molecule has 0 atom stereocenters. The lowest BCUT2D eigenvalue weighted by atomic mass is 10.1. The third-order valence-electron chi connectivity index (χ3n) is 4.41. The highest BCUT2D eigenvalue weighted by Crippen LogP contribution is 2.36. The Balaban J connectivity index is 2.47. The molecule has 2 aromatic carbocycles. The fourth-order valence-electron chi connectivity index (χ4n) is 3.36. The number of aromatic hydroxyl groups is 1. The van der Waals surface area contributed by atoms with Crippen molar-refractivity contribution < 1.29 is 5.11 Å². The van der Waals surface area contributed by atoms with Crippen LogP contribution in [0.5, 0.6) is 5.75 Å². The maximum absolute atomic E-state index is 10.8. The fraction of sp³-hybridized carbons (Fsp3) is 0.182.